The molecule has 0 aromatic heterocycles. The Morgan fingerprint density at radius 2 is 2.19 bits per heavy atom. The number of thioether (sulfide) groups is 1. The normalized spacial score (nSPS) is 16.8. The van der Waals surface area contributed by atoms with Crippen molar-refractivity contribution >= 4 is 17.9 Å². The smallest absolute Gasteiger partial charge is 0.410 e. The van der Waals surface area contributed by atoms with E-state index in [4.69, 9.17) is 4.74 Å². The van der Waals surface area contributed by atoms with Crippen molar-refractivity contribution in [1.29, 1.82) is 0 Å². The Kier molecular flexibility index (Phi) is 4.71. The van der Waals surface area contributed by atoms with E-state index in [1.54, 1.807) is 4.90 Å². The lowest BCUT2D eigenvalue weighted by Gasteiger charge is -2.39. The van der Waals surface area contributed by atoms with Crippen LogP contribution < -0.4 is 0 Å². The fourth-order valence-electron chi connectivity index (χ4n) is 1.47. The third-order valence-electron chi connectivity index (χ3n) is 2.20. The molecule has 0 saturated carbocycles. The summed E-state index contributed by atoms with van der Waals surface area (Å²) in [5, 5.41) is 0. The molecule has 1 aliphatic heterocycles. The van der Waals surface area contributed by atoms with Crippen LogP contribution in [0.3, 0.4) is 0 Å². The Labute approximate surface area is 102 Å². The second-order valence-electron chi connectivity index (χ2n) is 5.08. The maximum atomic E-state index is 11.6. The summed E-state index contributed by atoms with van der Waals surface area (Å²) in [5.74, 6) is 2.71. The van der Waals surface area contributed by atoms with Crippen LogP contribution in [0.15, 0.2) is 12.7 Å². The first-order valence-electron chi connectivity index (χ1n) is 5.59. The molecule has 0 radical (unpaired) electrons. The van der Waals surface area contributed by atoms with Crippen molar-refractivity contribution in [2.75, 3.05) is 24.6 Å². The standard InChI is InChI=1S/C12H21NO2S/c1-5-6-16-9-10-7-13(8-10)11(14)15-12(2,3)4/h5,10H,1,6-9H2,2-4H3. The van der Waals surface area contributed by atoms with Crippen molar-refractivity contribution < 1.29 is 9.53 Å². The molecule has 1 saturated heterocycles. The van der Waals surface area contributed by atoms with Crippen LogP contribution >= 0.6 is 11.8 Å². The molecule has 0 atom stereocenters. The van der Waals surface area contributed by atoms with Gasteiger partial charge in [0.15, 0.2) is 0 Å². The van der Waals surface area contributed by atoms with Crippen LogP contribution in [0.1, 0.15) is 20.8 Å². The van der Waals surface area contributed by atoms with Gasteiger partial charge in [0.1, 0.15) is 5.60 Å². The zero-order valence-electron chi connectivity index (χ0n) is 10.4. The topological polar surface area (TPSA) is 29.5 Å². The summed E-state index contributed by atoms with van der Waals surface area (Å²) < 4.78 is 5.28. The van der Waals surface area contributed by atoms with E-state index in [-0.39, 0.29) is 11.7 Å². The number of nitrogens with zero attached hydrogens (tertiary/aromatic N) is 1. The highest BCUT2D eigenvalue weighted by molar-refractivity contribution is 7.99. The van der Waals surface area contributed by atoms with Gasteiger partial charge in [0, 0.05) is 24.8 Å². The monoisotopic (exact) mass is 243 g/mol. The predicted octanol–water partition coefficient (Wildman–Crippen LogP) is 2.77. The fourth-order valence-corrected chi connectivity index (χ4v) is 2.32. The maximum absolute atomic E-state index is 11.6. The average Bonchev–Trinajstić information content (AvgIpc) is 2.05. The van der Waals surface area contributed by atoms with E-state index >= 15 is 0 Å². The van der Waals surface area contributed by atoms with Crippen molar-refractivity contribution in [1.82, 2.24) is 4.90 Å². The van der Waals surface area contributed by atoms with E-state index in [9.17, 15) is 4.79 Å². The summed E-state index contributed by atoms with van der Waals surface area (Å²) in [4.78, 5) is 13.4. The number of hydrogen-bond acceptors (Lipinski definition) is 3. The Morgan fingerprint density at radius 3 is 2.69 bits per heavy atom. The van der Waals surface area contributed by atoms with Gasteiger partial charge in [-0.2, -0.15) is 11.8 Å². The largest absolute Gasteiger partial charge is 0.444 e. The molecule has 3 nitrogen and oxygen atoms in total. The molecule has 0 bridgehead atoms. The molecule has 0 aromatic carbocycles. The number of carbonyl (C=O) groups is 1. The summed E-state index contributed by atoms with van der Waals surface area (Å²) in [6, 6.07) is 0. The van der Waals surface area contributed by atoms with Gasteiger partial charge in [-0.1, -0.05) is 6.08 Å². The zero-order chi connectivity index (χ0) is 12.2. The first kappa shape index (κ1) is 13.4. The van der Waals surface area contributed by atoms with Crippen LogP contribution in [-0.4, -0.2) is 41.2 Å². The molecular formula is C12H21NO2S. The summed E-state index contributed by atoms with van der Waals surface area (Å²) in [5.41, 5.74) is -0.389. The zero-order valence-corrected chi connectivity index (χ0v) is 11.2. The lowest BCUT2D eigenvalue weighted by Crippen LogP contribution is -2.52. The third-order valence-corrected chi connectivity index (χ3v) is 3.38. The second-order valence-corrected chi connectivity index (χ2v) is 6.15. The molecule has 1 aliphatic rings. The number of hydrogen-bond donors (Lipinski definition) is 0. The van der Waals surface area contributed by atoms with E-state index < -0.39 is 0 Å². The molecule has 0 aromatic rings. The van der Waals surface area contributed by atoms with Crippen LogP contribution in [0.25, 0.3) is 0 Å². The molecule has 0 unspecified atom stereocenters. The Morgan fingerprint density at radius 1 is 1.56 bits per heavy atom. The average molecular weight is 243 g/mol. The van der Waals surface area contributed by atoms with Gasteiger partial charge in [-0.05, 0) is 26.5 Å². The summed E-state index contributed by atoms with van der Waals surface area (Å²) in [6.07, 6.45) is 1.73. The van der Waals surface area contributed by atoms with Gasteiger partial charge in [0.25, 0.3) is 0 Å². The van der Waals surface area contributed by atoms with Crippen LogP contribution in [0.4, 0.5) is 4.79 Å². The number of rotatable bonds is 4. The van der Waals surface area contributed by atoms with Crippen molar-refractivity contribution in [3.8, 4) is 0 Å². The third kappa shape index (κ3) is 4.47. The molecule has 1 rings (SSSR count). The van der Waals surface area contributed by atoms with Crippen molar-refractivity contribution in [2.24, 2.45) is 5.92 Å². The SMILES string of the molecule is C=CCSCC1CN(C(=O)OC(C)(C)C)C1. The number of likely N-dealkylation sites (tertiary alicyclic amines) is 1. The molecule has 4 heteroatoms. The molecule has 1 heterocycles. The highest BCUT2D eigenvalue weighted by atomic mass is 32.2. The van der Waals surface area contributed by atoms with E-state index in [1.165, 1.54) is 0 Å². The Bertz CT molecular complexity index is 254. The minimum absolute atomic E-state index is 0.183. The molecular weight excluding hydrogens is 222 g/mol. The number of amides is 1. The number of carbonyl (C=O) groups excluding carboxylic acids is 1. The van der Waals surface area contributed by atoms with E-state index in [0.717, 1.165) is 24.6 Å². The lowest BCUT2D eigenvalue weighted by atomic mass is 10.0. The van der Waals surface area contributed by atoms with E-state index in [2.05, 4.69) is 6.58 Å². The first-order valence-corrected chi connectivity index (χ1v) is 6.74. The molecule has 0 spiro atoms. The highest BCUT2D eigenvalue weighted by Crippen LogP contribution is 2.22. The van der Waals surface area contributed by atoms with Crippen LogP contribution in [0.2, 0.25) is 0 Å². The Hall–Kier alpha value is -0.640. The van der Waals surface area contributed by atoms with Gasteiger partial charge in [-0.3, -0.25) is 0 Å². The molecule has 16 heavy (non-hydrogen) atoms. The Balaban J connectivity index is 2.15. The quantitative estimate of drug-likeness (QED) is 0.561. The van der Waals surface area contributed by atoms with Gasteiger partial charge < -0.3 is 9.64 Å². The number of ether oxygens (including phenoxy) is 1. The lowest BCUT2D eigenvalue weighted by molar-refractivity contribution is 0.00215. The van der Waals surface area contributed by atoms with Crippen molar-refractivity contribution in [2.45, 2.75) is 26.4 Å². The van der Waals surface area contributed by atoms with Gasteiger partial charge in [0.05, 0.1) is 0 Å². The van der Waals surface area contributed by atoms with Crippen LogP contribution in [0.5, 0.6) is 0 Å². The summed E-state index contributed by atoms with van der Waals surface area (Å²) >= 11 is 1.87. The molecule has 0 N–H and O–H groups in total. The van der Waals surface area contributed by atoms with Gasteiger partial charge in [-0.15, -0.1) is 6.58 Å². The second kappa shape index (κ2) is 5.62. The molecule has 0 aliphatic carbocycles. The minimum atomic E-state index is -0.389. The fraction of sp³-hybridized carbons (Fsp3) is 0.750. The van der Waals surface area contributed by atoms with Crippen LogP contribution in [0, 0.1) is 5.92 Å². The van der Waals surface area contributed by atoms with Crippen LogP contribution in [-0.2, 0) is 4.74 Å². The van der Waals surface area contributed by atoms with E-state index in [1.807, 2.05) is 38.6 Å². The predicted molar refractivity (Wildman–Crippen MR) is 68.8 cm³/mol. The summed E-state index contributed by atoms with van der Waals surface area (Å²) in [6.45, 7) is 11.0. The van der Waals surface area contributed by atoms with Gasteiger partial charge in [-0.25, -0.2) is 4.79 Å². The molecule has 1 fully saturated rings. The van der Waals surface area contributed by atoms with E-state index in [0.29, 0.717) is 5.92 Å². The van der Waals surface area contributed by atoms with Gasteiger partial charge in [0.2, 0.25) is 0 Å². The van der Waals surface area contributed by atoms with Gasteiger partial charge >= 0.3 is 6.09 Å². The molecule has 1 amide bonds. The first-order chi connectivity index (χ1) is 7.42. The summed E-state index contributed by atoms with van der Waals surface area (Å²) in [7, 11) is 0. The maximum Gasteiger partial charge on any atom is 0.410 e. The highest BCUT2D eigenvalue weighted by Gasteiger charge is 2.33. The minimum Gasteiger partial charge on any atom is -0.444 e. The van der Waals surface area contributed by atoms with Crippen molar-refractivity contribution in [3.05, 3.63) is 12.7 Å². The molecule has 92 valence electrons. The van der Waals surface area contributed by atoms with Crippen molar-refractivity contribution in [3.63, 3.8) is 0 Å².